The van der Waals surface area contributed by atoms with Crippen molar-refractivity contribution in [2.45, 2.75) is 37.5 Å². The van der Waals surface area contributed by atoms with Crippen molar-refractivity contribution >= 4 is 5.57 Å². The van der Waals surface area contributed by atoms with Gasteiger partial charge in [0.05, 0.1) is 22.5 Å². The van der Waals surface area contributed by atoms with Gasteiger partial charge in [0.15, 0.2) is 0 Å². The third-order valence-corrected chi connectivity index (χ3v) is 11.3. The molecule has 3 heterocycles. The number of allylic oxidation sites excluding steroid dienone is 8. The van der Waals surface area contributed by atoms with E-state index in [1.165, 1.54) is 27.8 Å². The molecule has 0 amide bonds. The molecule has 2 atom stereocenters. The van der Waals surface area contributed by atoms with E-state index in [2.05, 4.69) is 166 Å². The summed E-state index contributed by atoms with van der Waals surface area (Å²) < 4.78 is 6.90. The van der Waals surface area contributed by atoms with Crippen LogP contribution in [0.1, 0.15) is 60.5 Å². The van der Waals surface area contributed by atoms with Crippen LogP contribution in [0.3, 0.4) is 0 Å². The lowest BCUT2D eigenvalue weighted by Crippen LogP contribution is -2.32. The van der Waals surface area contributed by atoms with E-state index < -0.39 is 5.41 Å². The fourth-order valence-electron chi connectivity index (χ4n) is 8.73. The fourth-order valence-corrected chi connectivity index (χ4v) is 8.73. The van der Waals surface area contributed by atoms with Crippen molar-refractivity contribution < 1.29 is 4.74 Å². The van der Waals surface area contributed by atoms with Crippen LogP contribution in [0.25, 0.3) is 39.2 Å². The second-order valence-electron chi connectivity index (χ2n) is 14.7. The molecule has 0 N–H and O–H groups in total. The van der Waals surface area contributed by atoms with Gasteiger partial charge < -0.3 is 4.74 Å². The van der Waals surface area contributed by atoms with Crippen LogP contribution in [0.15, 0.2) is 158 Å². The van der Waals surface area contributed by atoms with Crippen molar-refractivity contribution in [1.29, 1.82) is 0 Å². The molecule has 1 spiro atoms. The largest absolute Gasteiger partial charge is 0.456 e. The van der Waals surface area contributed by atoms with E-state index in [1.807, 2.05) is 6.20 Å². The minimum absolute atomic E-state index is 0.284. The van der Waals surface area contributed by atoms with Crippen molar-refractivity contribution in [1.82, 2.24) is 15.0 Å². The molecular weight excluding hydrogens is 635 g/mol. The number of ether oxygens (including phenoxy) is 1. The number of pyridine rings is 1. The number of nitrogens with zero attached hydrogens (tertiary/aromatic N) is 3. The van der Waals surface area contributed by atoms with Crippen LogP contribution in [0.2, 0.25) is 0 Å². The highest BCUT2D eigenvalue weighted by atomic mass is 16.5. The van der Waals surface area contributed by atoms with Gasteiger partial charge in [0.25, 0.3) is 0 Å². The molecule has 0 saturated heterocycles. The Hall–Kier alpha value is -6.13. The quantitative estimate of drug-likeness (QED) is 0.187. The second kappa shape index (κ2) is 11.7. The molecule has 4 aliphatic rings. The van der Waals surface area contributed by atoms with Crippen LogP contribution < -0.4 is 4.74 Å². The number of hydrogen-bond acceptors (Lipinski definition) is 4. The lowest BCUT2D eigenvalue weighted by Gasteiger charge is -2.40. The minimum atomic E-state index is -0.513. The van der Waals surface area contributed by atoms with Crippen LogP contribution in [0.4, 0.5) is 0 Å². The Labute approximate surface area is 304 Å². The molecule has 4 nitrogen and oxygen atoms in total. The molecule has 0 radical (unpaired) electrons. The van der Waals surface area contributed by atoms with Gasteiger partial charge in [0.2, 0.25) is 0 Å². The topological polar surface area (TPSA) is 47.9 Å². The summed E-state index contributed by atoms with van der Waals surface area (Å²) in [6, 6.07) is 39.0. The fraction of sp³-hybridized carbons (Fsp3) is 0.146. The van der Waals surface area contributed by atoms with Crippen molar-refractivity contribution in [2.24, 2.45) is 5.92 Å². The lowest BCUT2D eigenvalue weighted by molar-refractivity contribution is 0.438. The van der Waals surface area contributed by atoms with Crippen LogP contribution in [0, 0.1) is 5.92 Å². The first-order chi connectivity index (χ1) is 25.5. The SMILES string of the molecule is CC1C=CC=C(c2cc(-c3ccc(-c4cccc5c4Oc4ccccc4C54c5ccccc5-c5ccccc54)nc3)nc(C3(C)C=CC=CC3)n2)C1. The van der Waals surface area contributed by atoms with Gasteiger partial charge in [0.1, 0.15) is 17.3 Å². The summed E-state index contributed by atoms with van der Waals surface area (Å²) in [5.74, 6) is 3.01. The normalized spacial score (nSPS) is 20.0. The molecule has 6 aromatic rings. The number of rotatable bonds is 4. The highest BCUT2D eigenvalue weighted by molar-refractivity contribution is 5.90. The molecule has 4 heteroatoms. The van der Waals surface area contributed by atoms with Gasteiger partial charge >= 0.3 is 0 Å². The summed E-state index contributed by atoms with van der Waals surface area (Å²) in [5.41, 5.74) is 12.4. The van der Waals surface area contributed by atoms with E-state index in [0.29, 0.717) is 5.92 Å². The van der Waals surface area contributed by atoms with E-state index >= 15 is 0 Å². The van der Waals surface area contributed by atoms with Gasteiger partial charge in [-0.2, -0.15) is 0 Å². The van der Waals surface area contributed by atoms with E-state index in [1.54, 1.807) is 0 Å². The van der Waals surface area contributed by atoms with Crippen molar-refractivity contribution in [3.63, 3.8) is 0 Å². The van der Waals surface area contributed by atoms with Gasteiger partial charge in [-0.25, -0.2) is 9.97 Å². The first kappa shape index (κ1) is 30.7. The van der Waals surface area contributed by atoms with Crippen LogP contribution in [-0.2, 0) is 10.8 Å². The van der Waals surface area contributed by atoms with Crippen molar-refractivity contribution in [3.8, 4) is 45.1 Å². The Balaban J connectivity index is 1.11. The number of fused-ring (bicyclic) bond motifs is 9. The zero-order valence-corrected chi connectivity index (χ0v) is 29.3. The Kier molecular flexibility index (Phi) is 6.91. The average Bonchev–Trinajstić information content (AvgIpc) is 3.49. The van der Waals surface area contributed by atoms with Crippen LogP contribution in [0.5, 0.6) is 11.5 Å². The second-order valence-corrected chi connectivity index (χ2v) is 14.7. The molecule has 1 aliphatic heterocycles. The minimum Gasteiger partial charge on any atom is -0.456 e. The molecule has 4 aromatic carbocycles. The Morgan fingerprint density at radius 1 is 0.673 bits per heavy atom. The summed E-state index contributed by atoms with van der Waals surface area (Å²) in [4.78, 5) is 15.5. The highest BCUT2D eigenvalue weighted by Gasteiger charge is 2.51. The summed E-state index contributed by atoms with van der Waals surface area (Å²) in [6.07, 6.45) is 19.0. The first-order valence-electron chi connectivity index (χ1n) is 18.2. The number of aromatic nitrogens is 3. The number of benzene rings is 4. The van der Waals surface area contributed by atoms with E-state index in [0.717, 1.165) is 69.5 Å². The molecular formula is C48H37N3O. The van der Waals surface area contributed by atoms with Crippen molar-refractivity contribution in [3.05, 3.63) is 192 Å². The van der Waals surface area contributed by atoms with Gasteiger partial charge in [-0.1, -0.05) is 128 Å². The molecule has 0 saturated carbocycles. The van der Waals surface area contributed by atoms with E-state index in [4.69, 9.17) is 19.7 Å². The van der Waals surface area contributed by atoms with E-state index in [9.17, 15) is 0 Å². The van der Waals surface area contributed by atoms with Crippen LogP contribution >= 0.6 is 0 Å². The summed E-state index contributed by atoms with van der Waals surface area (Å²) >= 11 is 0. The predicted molar refractivity (Wildman–Crippen MR) is 209 cm³/mol. The molecule has 3 aliphatic carbocycles. The monoisotopic (exact) mass is 671 g/mol. The zero-order chi connectivity index (χ0) is 34.9. The summed E-state index contributed by atoms with van der Waals surface area (Å²) in [7, 11) is 0. The van der Waals surface area contributed by atoms with Gasteiger partial charge in [-0.15, -0.1) is 0 Å². The Bertz CT molecular complexity index is 2490. The molecule has 2 unspecified atom stereocenters. The predicted octanol–water partition coefficient (Wildman–Crippen LogP) is 11.4. The molecule has 2 aromatic heterocycles. The number of hydrogen-bond donors (Lipinski definition) is 0. The third-order valence-electron chi connectivity index (χ3n) is 11.3. The maximum atomic E-state index is 6.90. The smallest absolute Gasteiger partial charge is 0.141 e. The maximum Gasteiger partial charge on any atom is 0.141 e. The summed E-state index contributed by atoms with van der Waals surface area (Å²) in [6.45, 7) is 4.47. The van der Waals surface area contributed by atoms with Gasteiger partial charge in [0, 0.05) is 33.9 Å². The lowest BCUT2D eigenvalue weighted by atomic mass is 9.65. The van der Waals surface area contributed by atoms with Gasteiger partial charge in [-0.05, 0) is 83.8 Å². The number of para-hydroxylation sites is 2. The highest BCUT2D eigenvalue weighted by Crippen LogP contribution is 2.63. The molecule has 0 bridgehead atoms. The molecule has 0 fully saturated rings. The van der Waals surface area contributed by atoms with Gasteiger partial charge in [-0.3, -0.25) is 4.98 Å². The molecule has 250 valence electrons. The van der Waals surface area contributed by atoms with Crippen molar-refractivity contribution in [2.75, 3.05) is 0 Å². The Morgan fingerprint density at radius 3 is 2.12 bits per heavy atom. The Morgan fingerprint density at radius 2 is 1.38 bits per heavy atom. The molecule has 52 heavy (non-hydrogen) atoms. The summed E-state index contributed by atoms with van der Waals surface area (Å²) in [5, 5.41) is 0. The zero-order valence-electron chi connectivity index (χ0n) is 29.3. The van der Waals surface area contributed by atoms with E-state index in [-0.39, 0.29) is 5.41 Å². The third kappa shape index (κ3) is 4.57. The average molecular weight is 672 g/mol. The first-order valence-corrected chi connectivity index (χ1v) is 18.2. The molecule has 10 rings (SSSR count). The maximum absolute atomic E-state index is 6.90. The standard InChI is InChI=1S/C48H37N3O/c1-31-14-12-15-32(28-31)42-29-43(51-46(50-42)47(2)26-10-3-11-27-47)33-24-25-41(49-30-33)36-18-13-22-40-45(36)52-44-23-9-8-21-39(44)48(40)37-19-6-4-16-34(37)35-17-5-7-20-38(35)48/h3-26,29-31H,27-28H2,1-2H3. The van der Waals surface area contributed by atoms with Crippen LogP contribution in [-0.4, -0.2) is 15.0 Å².